The summed E-state index contributed by atoms with van der Waals surface area (Å²) in [5, 5.41) is 7.16. The van der Waals surface area contributed by atoms with Gasteiger partial charge in [0.25, 0.3) is 0 Å². The number of alkyl halides is 1. The van der Waals surface area contributed by atoms with Crippen molar-refractivity contribution < 1.29 is 0 Å². The van der Waals surface area contributed by atoms with Crippen LogP contribution in [-0.2, 0) is 0 Å². The fourth-order valence-corrected chi connectivity index (χ4v) is 7.69. The predicted octanol–water partition coefficient (Wildman–Crippen LogP) is 9.02. The van der Waals surface area contributed by atoms with E-state index in [1.165, 1.54) is 60.0 Å². The summed E-state index contributed by atoms with van der Waals surface area (Å²) >= 11 is 8.17. The minimum atomic E-state index is 0.349. The summed E-state index contributed by atoms with van der Waals surface area (Å²) in [7, 11) is 0. The van der Waals surface area contributed by atoms with Gasteiger partial charge in [0.05, 0.1) is 35.9 Å². The number of aromatic amines is 2. The summed E-state index contributed by atoms with van der Waals surface area (Å²) in [6.07, 6.45) is 14.7. The lowest BCUT2D eigenvalue weighted by Crippen LogP contribution is -2.14. The summed E-state index contributed by atoms with van der Waals surface area (Å²) in [6.45, 7) is 8.47. The molecule has 8 rings (SSSR count). The van der Waals surface area contributed by atoms with Crippen LogP contribution >= 0.6 is 24.2 Å². The molecule has 3 fully saturated rings. The molecule has 0 amide bonds. The van der Waals surface area contributed by atoms with Crippen LogP contribution in [0.2, 0.25) is 0 Å². The molecule has 2 aromatic carbocycles. The molecule has 2 aromatic heterocycles. The highest BCUT2D eigenvalue weighted by molar-refractivity contribution is 7.79. The first-order chi connectivity index (χ1) is 21.7. The van der Waals surface area contributed by atoms with Gasteiger partial charge in [0, 0.05) is 11.9 Å². The van der Waals surface area contributed by atoms with Crippen LogP contribution in [-0.4, -0.2) is 45.7 Å². The molecule has 2 saturated heterocycles. The maximum Gasteiger partial charge on any atom is 0.123 e. The third kappa shape index (κ3) is 6.39. The number of thiol groups is 1. The van der Waals surface area contributed by atoms with Crippen molar-refractivity contribution in [2.24, 2.45) is 5.92 Å². The largest absolute Gasteiger partial charge is 0.341 e. The van der Waals surface area contributed by atoms with Gasteiger partial charge in [0.1, 0.15) is 11.6 Å². The third-order valence-electron chi connectivity index (χ3n) is 9.60. The Morgan fingerprint density at radius 3 is 1.93 bits per heavy atom. The average Bonchev–Trinajstić information content (AvgIpc) is 3.94. The number of fused-ring (bicyclic) bond motifs is 5. The van der Waals surface area contributed by atoms with Crippen LogP contribution in [0.15, 0.2) is 48.8 Å². The van der Waals surface area contributed by atoms with Crippen molar-refractivity contribution in [3.8, 4) is 33.6 Å². The molecule has 6 nitrogen and oxygen atoms in total. The number of nitrogens with zero attached hydrogens (tertiary/aromatic N) is 2. The number of nitrogens with one attached hydrogen (secondary N) is 4. The first-order valence-corrected chi connectivity index (χ1v) is 18.0. The number of aromatic nitrogens is 4. The highest BCUT2D eigenvalue weighted by Gasteiger charge is 2.40. The zero-order valence-electron chi connectivity index (χ0n) is 26.9. The zero-order valence-corrected chi connectivity index (χ0v) is 28.5. The smallest absolute Gasteiger partial charge is 0.123 e. The average molecular weight is 633 g/mol. The van der Waals surface area contributed by atoms with Crippen molar-refractivity contribution >= 4 is 24.2 Å². The molecule has 2 bridgehead atoms. The van der Waals surface area contributed by atoms with Crippen LogP contribution in [0.3, 0.4) is 0 Å². The van der Waals surface area contributed by atoms with Gasteiger partial charge in [0.2, 0.25) is 0 Å². The molecule has 8 heteroatoms. The quantitative estimate of drug-likeness (QED) is 0.112. The van der Waals surface area contributed by atoms with Gasteiger partial charge in [-0.3, -0.25) is 0 Å². The molecule has 0 radical (unpaired) electrons. The predicted molar refractivity (Wildman–Crippen MR) is 189 cm³/mol. The van der Waals surface area contributed by atoms with Crippen molar-refractivity contribution in [1.82, 2.24) is 30.6 Å². The summed E-state index contributed by atoms with van der Waals surface area (Å²) < 4.78 is 0. The molecule has 4 aromatic rings. The van der Waals surface area contributed by atoms with E-state index < -0.39 is 0 Å². The summed E-state index contributed by atoms with van der Waals surface area (Å²) in [5.41, 5.74) is 10.7. The van der Waals surface area contributed by atoms with Gasteiger partial charge in [-0.15, -0.1) is 11.6 Å². The standard InChI is InChI=1S/C32H36N6.C2H6.CH3Cl.CH4S/c1-18-13-26(34-15-18)32-36-17-28(38-32)24-11-10-23(29-21-8-9-22(14-21)30(24)29)19-4-6-20(7-5-19)27-16-35-31(37-27)25-3-2-12-33-25;3*1-2/h4-7,10-11,16-18,21-22,25-26,33-34H,2-3,8-9,12-15H2,1H3,(H,35,37)(H,36,38);1-2H3;1H3;2H,1H3/t18?,21?,22?,25-,26?;;;/m0.../s1. The van der Waals surface area contributed by atoms with Crippen molar-refractivity contribution in [2.45, 2.75) is 83.2 Å². The molecular formula is C36H49ClN6S. The van der Waals surface area contributed by atoms with E-state index in [1.807, 2.05) is 20.0 Å². The summed E-state index contributed by atoms with van der Waals surface area (Å²) in [4.78, 5) is 16.7. The van der Waals surface area contributed by atoms with Gasteiger partial charge < -0.3 is 20.6 Å². The lowest BCUT2D eigenvalue weighted by atomic mass is 9.82. The van der Waals surface area contributed by atoms with Gasteiger partial charge in [0.15, 0.2) is 0 Å². The van der Waals surface area contributed by atoms with Gasteiger partial charge in [-0.25, -0.2) is 9.97 Å². The van der Waals surface area contributed by atoms with Crippen molar-refractivity contribution in [2.75, 3.05) is 25.7 Å². The van der Waals surface area contributed by atoms with Crippen LogP contribution < -0.4 is 10.6 Å². The minimum absolute atomic E-state index is 0.349. The molecule has 4 aliphatic rings. The molecule has 2 aliphatic heterocycles. The van der Waals surface area contributed by atoms with E-state index in [0.717, 1.165) is 43.3 Å². The van der Waals surface area contributed by atoms with E-state index in [1.54, 1.807) is 17.4 Å². The van der Waals surface area contributed by atoms with E-state index in [4.69, 9.17) is 4.98 Å². The number of hydrogen-bond donors (Lipinski definition) is 5. The highest BCUT2D eigenvalue weighted by atomic mass is 35.5. The van der Waals surface area contributed by atoms with Crippen LogP contribution in [0.25, 0.3) is 33.6 Å². The number of hydrogen-bond acceptors (Lipinski definition) is 5. The summed E-state index contributed by atoms with van der Waals surface area (Å²) in [5.74, 6) is 4.21. The van der Waals surface area contributed by atoms with Gasteiger partial charge in [-0.1, -0.05) is 57.2 Å². The fraction of sp³-hybridized carbons (Fsp3) is 0.500. The second-order valence-corrected chi connectivity index (χ2v) is 12.1. The second-order valence-electron chi connectivity index (χ2n) is 12.1. The molecule has 4 unspecified atom stereocenters. The van der Waals surface area contributed by atoms with Crippen LogP contribution in [0.4, 0.5) is 0 Å². The molecule has 2 aliphatic carbocycles. The number of imidazole rings is 2. The number of H-pyrrole nitrogens is 2. The Hall–Kier alpha value is -2.58. The van der Waals surface area contributed by atoms with Crippen LogP contribution in [0.1, 0.15) is 106 Å². The van der Waals surface area contributed by atoms with Crippen molar-refractivity contribution in [1.29, 1.82) is 0 Å². The Morgan fingerprint density at radius 2 is 1.30 bits per heavy atom. The highest BCUT2D eigenvalue weighted by Crippen LogP contribution is 2.58. The van der Waals surface area contributed by atoms with E-state index in [0.29, 0.717) is 29.8 Å². The first kappa shape index (κ1) is 32.8. The topological polar surface area (TPSA) is 81.4 Å². The first-order valence-electron chi connectivity index (χ1n) is 16.4. The maximum absolute atomic E-state index is 4.81. The fourth-order valence-electron chi connectivity index (χ4n) is 7.69. The van der Waals surface area contributed by atoms with E-state index >= 15 is 0 Å². The zero-order chi connectivity index (χ0) is 31.2. The molecule has 44 heavy (non-hydrogen) atoms. The second kappa shape index (κ2) is 15.1. The number of rotatable bonds is 5. The maximum atomic E-state index is 4.81. The van der Waals surface area contributed by atoms with Crippen LogP contribution in [0, 0.1) is 5.92 Å². The lowest BCUT2D eigenvalue weighted by molar-refractivity contribution is 0.588. The molecule has 4 heterocycles. The third-order valence-corrected chi connectivity index (χ3v) is 9.60. The normalized spacial score (nSPS) is 24.5. The number of benzene rings is 2. The molecule has 5 atom stereocenters. The summed E-state index contributed by atoms with van der Waals surface area (Å²) in [6, 6.07) is 14.5. The van der Waals surface area contributed by atoms with Crippen LogP contribution in [0.5, 0.6) is 0 Å². The van der Waals surface area contributed by atoms with Gasteiger partial charge in [-0.05, 0) is 103 Å². The Kier molecular flexibility index (Phi) is 11.3. The van der Waals surface area contributed by atoms with Gasteiger partial charge in [-0.2, -0.15) is 12.6 Å². The molecular weight excluding hydrogens is 584 g/mol. The lowest BCUT2D eigenvalue weighted by Gasteiger charge is -2.22. The monoisotopic (exact) mass is 632 g/mol. The number of halogens is 1. The Labute approximate surface area is 274 Å². The Balaban J connectivity index is 0.000000606. The van der Waals surface area contributed by atoms with Crippen molar-refractivity contribution in [3.05, 3.63) is 71.6 Å². The van der Waals surface area contributed by atoms with Crippen molar-refractivity contribution in [3.63, 3.8) is 0 Å². The Morgan fingerprint density at radius 1 is 0.705 bits per heavy atom. The van der Waals surface area contributed by atoms with E-state index in [2.05, 4.69) is 99.3 Å². The van der Waals surface area contributed by atoms with E-state index in [9.17, 15) is 0 Å². The molecule has 4 N–H and O–H groups in total. The minimum Gasteiger partial charge on any atom is -0.341 e. The Bertz CT molecular complexity index is 1490. The molecule has 236 valence electrons. The molecule has 1 saturated carbocycles. The van der Waals surface area contributed by atoms with Gasteiger partial charge >= 0.3 is 0 Å². The van der Waals surface area contributed by atoms with E-state index in [-0.39, 0.29) is 0 Å². The SMILES string of the molecule is CC.CC1CNC(c2ncc(-c3ccc(-c4ccc(-c5cnc([C@@H]6CCCN6)[nH]5)cc4)c4c3C3CCC4C3)[nH]2)C1.CCl.CS. The molecule has 0 spiro atoms.